The molecule has 33 heavy (non-hydrogen) atoms. The average Bonchev–Trinajstić information content (AvgIpc) is 3.58. The number of nitrogens with one attached hydrogen (secondary N) is 2. The molecule has 1 aliphatic rings. The molecule has 5 rings (SSSR count). The molecule has 0 bridgehead atoms. The van der Waals surface area contributed by atoms with Crippen LogP contribution < -0.4 is 10.6 Å². The fourth-order valence-electron chi connectivity index (χ4n) is 4.19. The van der Waals surface area contributed by atoms with Gasteiger partial charge >= 0.3 is 0 Å². The average molecular weight is 441 g/mol. The first-order chi connectivity index (χ1) is 16.1. The smallest absolute Gasteiger partial charge is 0.291 e. The van der Waals surface area contributed by atoms with Crippen molar-refractivity contribution in [3.8, 4) is 5.69 Å². The molecule has 2 N–H and O–H groups in total. The summed E-state index contributed by atoms with van der Waals surface area (Å²) >= 11 is 0. The van der Waals surface area contributed by atoms with Gasteiger partial charge in [-0.3, -0.25) is 9.59 Å². The number of furan rings is 1. The van der Waals surface area contributed by atoms with Gasteiger partial charge in [0, 0.05) is 16.9 Å². The van der Waals surface area contributed by atoms with Crippen LogP contribution in [0.15, 0.2) is 71.3 Å². The Morgan fingerprint density at radius 3 is 2.67 bits per heavy atom. The number of para-hydroxylation sites is 1. The molecule has 0 radical (unpaired) electrons. The summed E-state index contributed by atoms with van der Waals surface area (Å²) in [4.78, 5) is 25.2. The lowest BCUT2D eigenvalue weighted by molar-refractivity contribution is 0.0948. The third-order valence-corrected chi connectivity index (χ3v) is 5.92. The molecule has 2 aromatic carbocycles. The normalized spacial score (nSPS) is 12.4. The monoisotopic (exact) mass is 440 g/mol. The summed E-state index contributed by atoms with van der Waals surface area (Å²) in [6.45, 7) is 2.22. The Balaban J connectivity index is 1.31. The summed E-state index contributed by atoms with van der Waals surface area (Å²) < 4.78 is 7.14. The van der Waals surface area contributed by atoms with Crippen molar-refractivity contribution >= 4 is 17.5 Å². The predicted molar refractivity (Wildman–Crippen MR) is 125 cm³/mol. The van der Waals surface area contributed by atoms with Crippen molar-refractivity contribution in [3.63, 3.8) is 0 Å². The van der Waals surface area contributed by atoms with Gasteiger partial charge in [-0.2, -0.15) is 5.10 Å². The van der Waals surface area contributed by atoms with Crippen LogP contribution in [-0.4, -0.2) is 21.6 Å². The molecule has 1 aliphatic carbocycles. The highest BCUT2D eigenvalue weighted by Gasteiger charge is 2.23. The van der Waals surface area contributed by atoms with Crippen LogP contribution in [0.1, 0.15) is 49.8 Å². The number of aromatic nitrogens is 2. The van der Waals surface area contributed by atoms with Crippen LogP contribution in [0.25, 0.3) is 5.69 Å². The van der Waals surface area contributed by atoms with E-state index in [0.717, 1.165) is 36.2 Å². The van der Waals surface area contributed by atoms with Gasteiger partial charge in [-0.1, -0.05) is 24.3 Å². The zero-order valence-corrected chi connectivity index (χ0v) is 18.3. The van der Waals surface area contributed by atoms with Gasteiger partial charge in [-0.05, 0) is 73.7 Å². The molecular formula is C26H24N4O3. The predicted octanol–water partition coefficient (Wildman–Crippen LogP) is 4.44. The number of carbonyl (C=O) groups excluding carboxylic acids is 2. The van der Waals surface area contributed by atoms with E-state index < -0.39 is 0 Å². The van der Waals surface area contributed by atoms with Gasteiger partial charge in [0.25, 0.3) is 11.8 Å². The molecule has 166 valence electrons. The molecule has 2 heterocycles. The lowest BCUT2D eigenvalue weighted by Crippen LogP contribution is -2.24. The van der Waals surface area contributed by atoms with Crippen LogP contribution in [0.4, 0.5) is 5.69 Å². The Morgan fingerprint density at radius 2 is 1.88 bits per heavy atom. The van der Waals surface area contributed by atoms with E-state index in [9.17, 15) is 9.59 Å². The zero-order valence-electron chi connectivity index (χ0n) is 18.3. The number of hydrogen-bond donors (Lipinski definition) is 2. The van der Waals surface area contributed by atoms with Crippen LogP contribution in [0.2, 0.25) is 0 Å². The lowest BCUT2D eigenvalue weighted by atomic mass is 10.1. The van der Waals surface area contributed by atoms with Crippen LogP contribution >= 0.6 is 0 Å². The van der Waals surface area contributed by atoms with Crippen LogP contribution in [0, 0.1) is 6.92 Å². The van der Waals surface area contributed by atoms with Crippen LogP contribution in [-0.2, 0) is 19.4 Å². The molecule has 2 amide bonds. The number of benzene rings is 2. The highest BCUT2D eigenvalue weighted by molar-refractivity contribution is 6.03. The Morgan fingerprint density at radius 1 is 1.03 bits per heavy atom. The Kier molecular flexibility index (Phi) is 5.52. The van der Waals surface area contributed by atoms with E-state index in [2.05, 4.69) is 10.6 Å². The quantitative estimate of drug-likeness (QED) is 0.464. The maximum absolute atomic E-state index is 12.9. The summed E-state index contributed by atoms with van der Waals surface area (Å²) in [6.07, 6.45) is 4.50. The third-order valence-electron chi connectivity index (χ3n) is 5.92. The topological polar surface area (TPSA) is 89.2 Å². The zero-order chi connectivity index (χ0) is 22.8. The van der Waals surface area contributed by atoms with E-state index in [-0.39, 0.29) is 17.6 Å². The van der Waals surface area contributed by atoms with Crippen molar-refractivity contribution < 1.29 is 14.0 Å². The molecule has 0 aliphatic heterocycles. The second-order valence-electron chi connectivity index (χ2n) is 8.12. The Hall–Kier alpha value is -4.13. The fraction of sp³-hybridized carbons (Fsp3) is 0.192. The minimum atomic E-state index is -0.359. The van der Waals surface area contributed by atoms with Crippen molar-refractivity contribution in [3.05, 3.63) is 101 Å². The highest BCUT2D eigenvalue weighted by atomic mass is 16.3. The van der Waals surface area contributed by atoms with Crippen molar-refractivity contribution in [2.24, 2.45) is 0 Å². The number of nitrogens with zero attached hydrogens (tertiary/aromatic N) is 2. The molecule has 0 saturated carbocycles. The number of hydrogen-bond acceptors (Lipinski definition) is 4. The van der Waals surface area contributed by atoms with Gasteiger partial charge in [0.15, 0.2) is 5.76 Å². The molecule has 2 aromatic heterocycles. The number of fused-ring (bicyclic) bond motifs is 1. The largest absolute Gasteiger partial charge is 0.459 e. The maximum Gasteiger partial charge on any atom is 0.291 e. The minimum Gasteiger partial charge on any atom is -0.459 e. The van der Waals surface area contributed by atoms with Gasteiger partial charge in [0.2, 0.25) is 0 Å². The second kappa shape index (κ2) is 8.78. The number of aryl methyl sites for hydroxylation is 1. The molecule has 0 spiro atoms. The van der Waals surface area contributed by atoms with Crippen molar-refractivity contribution in [2.75, 3.05) is 5.32 Å². The Labute approximate surface area is 191 Å². The number of anilines is 1. The van der Waals surface area contributed by atoms with Gasteiger partial charge in [-0.15, -0.1) is 0 Å². The van der Waals surface area contributed by atoms with Crippen molar-refractivity contribution in [2.45, 2.75) is 32.7 Å². The van der Waals surface area contributed by atoms with Gasteiger partial charge in [0.05, 0.1) is 24.2 Å². The molecule has 0 unspecified atom stereocenters. The molecule has 0 fully saturated rings. The summed E-state index contributed by atoms with van der Waals surface area (Å²) in [7, 11) is 0. The van der Waals surface area contributed by atoms with E-state index in [1.54, 1.807) is 24.3 Å². The third kappa shape index (κ3) is 4.17. The summed E-state index contributed by atoms with van der Waals surface area (Å²) in [6, 6.07) is 18.6. The fourth-order valence-corrected chi connectivity index (χ4v) is 4.19. The summed E-state index contributed by atoms with van der Waals surface area (Å²) in [5, 5.41) is 10.6. The van der Waals surface area contributed by atoms with Gasteiger partial charge < -0.3 is 15.1 Å². The molecule has 0 atom stereocenters. The number of amides is 2. The number of rotatable bonds is 6. The summed E-state index contributed by atoms with van der Waals surface area (Å²) in [5.41, 5.74) is 6.28. The van der Waals surface area contributed by atoms with E-state index in [1.807, 2.05) is 48.0 Å². The molecule has 7 heteroatoms. The summed E-state index contributed by atoms with van der Waals surface area (Å²) in [5.74, 6) is -0.362. The van der Waals surface area contributed by atoms with E-state index in [1.165, 1.54) is 17.5 Å². The van der Waals surface area contributed by atoms with E-state index >= 15 is 0 Å². The highest BCUT2D eigenvalue weighted by Crippen LogP contribution is 2.28. The molecule has 7 nitrogen and oxygen atoms in total. The Bertz CT molecular complexity index is 1310. The van der Waals surface area contributed by atoms with E-state index in [4.69, 9.17) is 9.52 Å². The standard InChI is InChI=1S/C26H24N4O3/c1-17-12-13-18(15-21(17)28-26(32)24-11-6-14-33-24)25(31)27-16-22-20-9-5-10-23(20)30(29-22)19-7-3-2-4-8-19/h2-4,6-8,11-15H,5,9-10,16H2,1H3,(H,27,31)(H,28,32). The lowest BCUT2D eigenvalue weighted by Gasteiger charge is -2.10. The SMILES string of the molecule is Cc1ccc(C(=O)NCc2nn(-c3ccccc3)c3c2CCC3)cc1NC(=O)c1ccco1. The number of carbonyl (C=O) groups is 2. The first-order valence-electron chi connectivity index (χ1n) is 11.0. The van der Waals surface area contributed by atoms with Crippen LogP contribution in [0.3, 0.4) is 0 Å². The van der Waals surface area contributed by atoms with Gasteiger partial charge in [-0.25, -0.2) is 4.68 Å². The second-order valence-corrected chi connectivity index (χ2v) is 8.12. The first-order valence-corrected chi connectivity index (χ1v) is 11.0. The molecule has 0 saturated heterocycles. The first kappa shape index (κ1) is 20.8. The molecule has 4 aromatic rings. The van der Waals surface area contributed by atoms with Gasteiger partial charge in [0.1, 0.15) is 0 Å². The minimum absolute atomic E-state index is 0.215. The van der Waals surface area contributed by atoms with Crippen LogP contribution in [0.5, 0.6) is 0 Å². The van der Waals surface area contributed by atoms with Crippen molar-refractivity contribution in [1.29, 1.82) is 0 Å². The maximum atomic E-state index is 12.9. The van der Waals surface area contributed by atoms with Crippen molar-refractivity contribution in [1.82, 2.24) is 15.1 Å². The van der Waals surface area contributed by atoms with E-state index in [0.29, 0.717) is 17.8 Å². The molecular weight excluding hydrogens is 416 g/mol.